The van der Waals surface area contributed by atoms with E-state index in [-0.39, 0.29) is 37.1 Å². The molecule has 0 unspecified atom stereocenters. The van der Waals surface area contributed by atoms with Gasteiger partial charge in [0.15, 0.2) is 12.0 Å². The Labute approximate surface area is 171 Å². The van der Waals surface area contributed by atoms with Gasteiger partial charge in [0.05, 0.1) is 12.7 Å². The Balaban J connectivity index is 1.75. The van der Waals surface area contributed by atoms with Crippen molar-refractivity contribution in [2.24, 2.45) is 0 Å². The van der Waals surface area contributed by atoms with Gasteiger partial charge < -0.3 is 19.7 Å². The van der Waals surface area contributed by atoms with Gasteiger partial charge in [-0.1, -0.05) is 18.9 Å². The molecule has 9 heteroatoms. The fraction of sp³-hybridized carbons (Fsp3) is 0.381. The first kappa shape index (κ1) is 21.6. The van der Waals surface area contributed by atoms with Crippen molar-refractivity contribution >= 4 is 12.2 Å². The number of benzene rings is 1. The second kappa shape index (κ2) is 9.62. The first-order valence-corrected chi connectivity index (χ1v) is 9.66. The van der Waals surface area contributed by atoms with Crippen LogP contribution >= 0.6 is 0 Å². The van der Waals surface area contributed by atoms with Crippen LogP contribution in [0.3, 0.4) is 0 Å². The topological polar surface area (TPSA) is 97.6 Å². The van der Waals surface area contributed by atoms with E-state index in [0.717, 1.165) is 31.7 Å². The molecule has 0 radical (unpaired) electrons. The number of nitrogens with one attached hydrogen (secondary N) is 1. The number of aromatic hydroxyl groups is 1. The second-order valence-corrected chi connectivity index (χ2v) is 7.11. The van der Waals surface area contributed by atoms with E-state index >= 15 is 0 Å². The lowest BCUT2D eigenvalue weighted by Gasteiger charge is -2.16. The van der Waals surface area contributed by atoms with Gasteiger partial charge in [-0.2, -0.15) is 0 Å². The molecule has 0 aliphatic heterocycles. The van der Waals surface area contributed by atoms with Crippen LogP contribution in [0.5, 0.6) is 5.75 Å². The number of nitrogens with zero attached hydrogens (tertiary/aromatic N) is 1. The monoisotopic (exact) mass is 420 g/mol. The quantitative estimate of drug-likeness (QED) is 0.640. The summed E-state index contributed by atoms with van der Waals surface area (Å²) in [5, 5.41) is 12.5. The summed E-state index contributed by atoms with van der Waals surface area (Å²) in [6, 6.07) is 2.91. The summed E-state index contributed by atoms with van der Waals surface area (Å²) in [4.78, 5) is 36.1. The van der Waals surface area contributed by atoms with E-state index < -0.39 is 34.3 Å². The molecule has 1 aromatic heterocycles. The highest BCUT2D eigenvalue weighted by atomic mass is 19.1. The fourth-order valence-corrected chi connectivity index (χ4v) is 3.44. The van der Waals surface area contributed by atoms with E-state index in [4.69, 9.17) is 4.74 Å². The van der Waals surface area contributed by atoms with Crippen LogP contribution in [0.15, 0.2) is 29.2 Å². The number of ether oxygens (including phenoxy) is 1. The van der Waals surface area contributed by atoms with Crippen LogP contribution in [0.4, 0.5) is 8.78 Å². The second-order valence-electron chi connectivity index (χ2n) is 7.11. The summed E-state index contributed by atoms with van der Waals surface area (Å²) in [5.74, 6) is -3.29. The number of carbonyl (C=O) groups is 2. The number of aldehydes is 1. The maximum atomic E-state index is 13.7. The van der Waals surface area contributed by atoms with Gasteiger partial charge in [-0.25, -0.2) is 8.78 Å². The van der Waals surface area contributed by atoms with Gasteiger partial charge in [0, 0.05) is 30.9 Å². The van der Waals surface area contributed by atoms with Crippen LogP contribution < -0.4 is 10.7 Å². The lowest BCUT2D eigenvalue weighted by Crippen LogP contribution is -2.30. The summed E-state index contributed by atoms with van der Waals surface area (Å²) in [6.07, 6.45) is 5.77. The molecule has 30 heavy (non-hydrogen) atoms. The lowest BCUT2D eigenvalue weighted by molar-refractivity contribution is 0.0524. The Bertz CT molecular complexity index is 1000. The molecule has 1 fully saturated rings. The Morgan fingerprint density at radius 3 is 2.70 bits per heavy atom. The van der Waals surface area contributed by atoms with Crippen molar-refractivity contribution in [3.63, 3.8) is 0 Å². The molecule has 2 aromatic rings. The third-order valence-electron chi connectivity index (χ3n) is 5.10. The maximum Gasteiger partial charge on any atom is 0.257 e. The minimum atomic E-state index is -1.01. The normalized spacial score (nSPS) is 14.1. The van der Waals surface area contributed by atoms with Gasteiger partial charge in [0.25, 0.3) is 5.91 Å². The van der Waals surface area contributed by atoms with Gasteiger partial charge in [0.1, 0.15) is 22.9 Å². The van der Waals surface area contributed by atoms with Crippen molar-refractivity contribution in [1.82, 2.24) is 9.88 Å². The number of aromatic nitrogens is 1. The maximum absolute atomic E-state index is 13.7. The zero-order chi connectivity index (χ0) is 21.7. The SMILES string of the molecule is O=Cc1c(O)c(=O)c(C(=O)NCc2ccc(F)cc2F)cn1CCOC1CCCC1. The number of hydrogen-bond acceptors (Lipinski definition) is 5. The van der Waals surface area contributed by atoms with Crippen molar-refractivity contribution in [2.75, 3.05) is 6.61 Å². The van der Waals surface area contributed by atoms with Gasteiger partial charge in [-0.15, -0.1) is 0 Å². The van der Waals surface area contributed by atoms with Gasteiger partial charge in [0.2, 0.25) is 5.43 Å². The summed E-state index contributed by atoms with van der Waals surface area (Å²) >= 11 is 0. The summed E-state index contributed by atoms with van der Waals surface area (Å²) in [7, 11) is 0. The fourth-order valence-electron chi connectivity index (χ4n) is 3.44. The molecule has 0 saturated heterocycles. The molecule has 3 rings (SSSR count). The number of rotatable bonds is 8. The summed E-state index contributed by atoms with van der Waals surface area (Å²) in [6.45, 7) is 0.117. The number of hydrogen-bond donors (Lipinski definition) is 2. The molecule has 7 nitrogen and oxygen atoms in total. The molecule has 1 saturated carbocycles. The molecule has 1 aliphatic carbocycles. The van der Waals surface area contributed by atoms with Gasteiger partial charge >= 0.3 is 0 Å². The first-order valence-electron chi connectivity index (χ1n) is 9.66. The molecule has 160 valence electrons. The third kappa shape index (κ3) is 4.91. The largest absolute Gasteiger partial charge is 0.503 e. The van der Waals surface area contributed by atoms with E-state index in [2.05, 4.69) is 5.32 Å². The number of carbonyl (C=O) groups excluding carboxylic acids is 2. The molecule has 1 amide bonds. The molecule has 0 spiro atoms. The Kier molecular flexibility index (Phi) is 6.94. The van der Waals surface area contributed by atoms with E-state index in [0.29, 0.717) is 12.4 Å². The zero-order valence-electron chi connectivity index (χ0n) is 16.2. The van der Waals surface area contributed by atoms with Crippen molar-refractivity contribution in [3.8, 4) is 5.75 Å². The number of amides is 1. The van der Waals surface area contributed by atoms with Crippen LogP contribution in [0.25, 0.3) is 0 Å². The zero-order valence-corrected chi connectivity index (χ0v) is 16.2. The van der Waals surface area contributed by atoms with Gasteiger partial charge in [-0.3, -0.25) is 14.4 Å². The number of halogens is 2. The van der Waals surface area contributed by atoms with E-state index in [1.807, 2.05) is 0 Å². The van der Waals surface area contributed by atoms with Gasteiger partial charge in [-0.05, 0) is 18.9 Å². The van der Waals surface area contributed by atoms with Crippen molar-refractivity contribution in [3.05, 3.63) is 63.1 Å². The minimum Gasteiger partial charge on any atom is -0.503 e. The first-order chi connectivity index (χ1) is 14.4. The van der Waals surface area contributed by atoms with Crippen molar-refractivity contribution in [2.45, 2.75) is 44.9 Å². The highest BCUT2D eigenvalue weighted by Gasteiger charge is 2.20. The standard InChI is InChI=1S/C21H22F2N2O5/c22-14-6-5-13(17(23)9-14)10-24-21(29)16-11-25(18(12-26)20(28)19(16)27)7-8-30-15-3-1-2-4-15/h5-6,9,11-12,15,28H,1-4,7-8,10H2,(H,24,29). The van der Waals surface area contributed by atoms with Crippen molar-refractivity contribution in [1.29, 1.82) is 0 Å². The number of pyridine rings is 1. The third-order valence-corrected chi connectivity index (χ3v) is 5.10. The van der Waals surface area contributed by atoms with Crippen molar-refractivity contribution < 1.29 is 28.2 Å². The molecule has 1 aliphatic rings. The minimum absolute atomic E-state index is 0.0313. The van der Waals surface area contributed by atoms with E-state index in [1.54, 1.807) is 0 Å². The van der Waals surface area contributed by atoms with Crippen LogP contribution in [-0.4, -0.2) is 34.6 Å². The molecule has 0 bridgehead atoms. The average molecular weight is 420 g/mol. The molecular formula is C21H22F2N2O5. The van der Waals surface area contributed by atoms with Crippen LogP contribution in [0.1, 0.15) is 52.1 Å². The van der Waals surface area contributed by atoms with Crippen LogP contribution in [0.2, 0.25) is 0 Å². The predicted octanol–water partition coefficient (Wildman–Crippen LogP) is 2.53. The molecular weight excluding hydrogens is 398 g/mol. The molecule has 1 aromatic carbocycles. The Hall–Kier alpha value is -3.07. The predicted molar refractivity (Wildman–Crippen MR) is 103 cm³/mol. The highest BCUT2D eigenvalue weighted by Crippen LogP contribution is 2.21. The highest BCUT2D eigenvalue weighted by molar-refractivity contribution is 5.95. The van der Waals surface area contributed by atoms with Crippen LogP contribution in [0, 0.1) is 11.6 Å². The molecule has 1 heterocycles. The molecule has 2 N–H and O–H groups in total. The smallest absolute Gasteiger partial charge is 0.257 e. The van der Waals surface area contributed by atoms with E-state index in [9.17, 15) is 28.3 Å². The Morgan fingerprint density at radius 2 is 2.03 bits per heavy atom. The summed E-state index contributed by atoms with van der Waals surface area (Å²) < 4.78 is 33.7. The Morgan fingerprint density at radius 1 is 1.30 bits per heavy atom. The molecule has 0 atom stereocenters. The van der Waals surface area contributed by atoms with E-state index in [1.165, 1.54) is 16.8 Å². The average Bonchev–Trinajstić information content (AvgIpc) is 3.23. The van der Waals surface area contributed by atoms with Crippen LogP contribution in [-0.2, 0) is 17.8 Å². The summed E-state index contributed by atoms with van der Waals surface area (Å²) in [5.41, 5.74) is -1.64. The lowest BCUT2D eigenvalue weighted by atomic mass is 10.1.